The lowest BCUT2D eigenvalue weighted by Gasteiger charge is -2.05. The van der Waals surface area contributed by atoms with Crippen molar-refractivity contribution in [2.45, 2.75) is 6.42 Å². The van der Waals surface area contributed by atoms with Crippen molar-refractivity contribution in [3.8, 4) is 5.75 Å². The van der Waals surface area contributed by atoms with Crippen molar-refractivity contribution in [1.82, 2.24) is 5.32 Å². The van der Waals surface area contributed by atoms with E-state index in [9.17, 15) is 4.79 Å². The fourth-order valence-electron chi connectivity index (χ4n) is 0.938. The molecule has 0 saturated heterocycles. The van der Waals surface area contributed by atoms with Crippen LogP contribution in [-0.4, -0.2) is 19.2 Å². The Labute approximate surface area is 96.9 Å². The molecule has 0 atom stereocenters. The average Bonchev–Trinajstić information content (AvgIpc) is 2.22. The minimum absolute atomic E-state index is 0.453. The highest BCUT2D eigenvalue weighted by Gasteiger charge is 2.02. The number of hydrogen-bond acceptors (Lipinski definition) is 3. The summed E-state index contributed by atoms with van der Waals surface area (Å²) in [6, 6.07) is 7.05. The largest absolute Gasteiger partial charge is 0.412 e. The van der Waals surface area contributed by atoms with E-state index >= 15 is 0 Å². The Morgan fingerprint density at radius 2 is 2.07 bits per heavy atom. The number of benzene rings is 1. The number of hydrogen-bond donors (Lipinski definition) is 2. The quantitative estimate of drug-likeness (QED) is 0.823. The van der Waals surface area contributed by atoms with E-state index in [0.29, 0.717) is 18.8 Å². The van der Waals surface area contributed by atoms with Crippen molar-refractivity contribution in [2.75, 3.05) is 13.1 Å². The molecule has 0 saturated carbocycles. The first-order valence-electron chi connectivity index (χ1n) is 4.63. The number of nitrogens with one attached hydrogen (secondary N) is 1. The molecule has 0 fully saturated rings. The van der Waals surface area contributed by atoms with Crippen molar-refractivity contribution in [1.29, 1.82) is 0 Å². The Morgan fingerprint density at radius 3 is 2.67 bits per heavy atom. The SMILES string of the molecule is NCCCNC(=O)Oc1ccc(Br)cc1. The molecule has 0 unspecified atom stereocenters. The van der Waals surface area contributed by atoms with Crippen LogP contribution in [0.4, 0.5) is 4.79 Å². The Bertz CT molecular complexity index is 314. The van der Waals surface area contributed by atoms with Crippen molar-refractivity contribution < 1.29 is 9.53 Å². The monoisotopic (exact) mass is 272 g/mol. The third-order valence-electron chi connectivity index (χ3n) is 1.67. The molecule has 0 spiro atoms. The van der Waals surface area contributed by atoms with Crippen molar-refractivity contribution >= 4 is 22.0 Å². The number of rotatable bonds is 4. The van der Waals surface area contributed by atoms with E-state index in [2.05, 4.69) is 21.2 Å². The number of carbonyl (C=O) groups is 1. The van der Waals surface area contributed by atoms with Gasteiger partial charge in [-0.3, -0.25) is 0 Å². The lowest BCUT2D eigenvalue weighted by Crippen LogP contribution is -2.28. The molecule has 82 valence electrons. The number of carbonyl (C=O) groups excluding carboxylic acids is 1. The van der Waals surface area contributed by atoms with Gasteiger partial charge in [-0.05, 0) is 37.2 Å². The van der Waals surface area contributed by atoms with E-state index < -0.39 is 6.09 Å². The number of nitrogens with two attached hydrogens (primary N) is 1. The summed E-state index contributed by atoms with van der Waals surface area (Å²) >= 11 is 3.29. The zero-order valence-electron chi connectivity index (χ0n) is 8.20. The summed E-state index contributed by atoms with van der Waals surface area (Å²) in [5.41, 5.74) is 5.29. The van der Waals surface area contributed by atoms with Crippen molar-refractivity contribution in [3.63, 3.8) is 0 Å². The molecule has 1 aromatic rings. The normalized spacial score (nSPS) is 9.73. The van der Waals surface area contributed by atoms with Crippen molar-refractivity contribution in [3.05, 3.63) is 28.7 Å². The maximum absolute atomic E-state index is 11.2. The fourth-order valence-corrected chi connectivity index (χ4v) is 1.20. The molecule has 4 nitrogen and oxygen atoms in total. The van der Waals surface area contributed by atoms with Crippen LogP contribution in [0.5, 0.6) is 5.75 Å². The molecule has 0 heterocycles. The molecule has 0 aliphatic rings. The van der Waals surface area contributed by atoms with Gasteiger partial charge < -0.3 is 15.8 Å². The number of amides is 1. The summed E-state index contributed by atoms with van der Waals surface area (Å²) in [4.78, 5) is 11.2. The van der Waals surface area contributed by atoms with Gasteiger partial charge in [-0.15, -0.1) is 0 Å². The molecule has 1 aromatic carbocycles. The second-order valence-electron chi connectivity index (χ2n) is 2.91. The van der Waals surface area contributed by atoms with E-state index in [1.54, 1.807) is 12.1 Å². The molecule has 5 heteroatoms. The van der Waals surface area contributed by atoms with Gasteiger partial charge in [-0.2, -0.15) is 0 Å². The zero-order chi connectivity index (χ0) is 11.1. The molecule has 0 aromatic heterocycles. The number of ether oxygens (including phenoxy) is 1. The van der Waals surface area contributed by atoms with Gasteiger partial charge in [0.2, 0.25) is 0 Å². The first-order chi connectivity index (χ1) is 7.22. The van der Waals surface area contributed by atoms with Crippen LogP contribution in [-0.2, 0) is 0 Å². The van der Waals surface area contributed by atoms with E-state index in [1.807, 2.05) is 12.1 Å². The first kappa shape index (κ1) is 12.0. The lowest BCUT2D eigenvalue weighted by molar-refractivity contribution is 0.200. The predicted octanol–water partition coefficient (Wildman–Crippen LogP) is 1.89. The Hall–Kier alpha value is -1.07. The molecule has 1 rings (SSSR count). The summed E-state index contributed by atoms with van der Waals surface area (Å²) in [5.74, 6) is 0.517. The topological polar surface area (TPSA) is 64.3 Å². The van der Waals surface area contributed by atoms with Crippen LogP contribution in [0.1, 0.15) is 6.42 Å². The standard InChI is InChI=1S/C10H13BrN2O2/c11-8-2-4-9(5-3-8)15-10(14)13-7-1-6-12/h2-5H,1,6-7,12H2,(H,13,14). The van der Waals surface area contributed by atoms with Crippen LogP contribution in [0, 0.1) is 0 Å². The van der Waals surface area contributed by atoms with Crippen LogP contribution in [0.25, 0.3) is 0 Å². The molecule has 0 bridgehead atoms. The smallest absolute Gasteiger partial charge is 0.410 e. The minimum Gasteiger partial charge on any atom is -0.410 e. The molecule has 1 amide bonds. The maximum atomic E-state index is 11.2. The van der Waals surface area contributed by atoms with Gasteiger partial charge in [0.05, 0.1) is 0 Å². The highest BCUT2D eigenvalue weighted by Crippen LogP contribution is 2.15. The van der Waals surface area contributed by atoms with Gasteiger partial charge in [0, 0.05) is 11.0 Å². The van der Waals surface area contributed by atoms with Crippen LogP contribution >= 0.6 is 15.9 Å². The molecule has 0 aliphatic carbocycles. The van der Waals surface area contributed by atoms with Gasteiger partial charge in [0.25, 0.3) is 0 Å². The summed E-state index contributed by atoms with van der Waals surface area (Å²) in [6.45, 7) is 1.09. The van der Waals surface area contributed by atoms with Gasteiger partial charge in [0.15, 0.2) is 0 Å². The minimum atomic E-state index is -0.453. The maximum Gasteiger partial charge on any atom is 0.412 e. The molecule has 0 aliphatic heterocycles. The van der Waals surface area contributed by atoms with E-state index in [0.717, 1.165) is 10.9 Å². The zero-order valence-corrected chi connectivity index (χ0v) is 9.79. The van der Waals surface area contributed by atoms with Gasteiger partial charge in [0.1, 0.15) is 5.75 Å². The summed E-state index contributed by atoms with van der Waals surface area (Å²) in [7, 11) is 0. The summed E-state index contributed by atoms with van der Waals surface area (Å²) < 4.78 is 5.95. The van der Waals surface area contributed by atoms with Gasteiger partial charge in [-0.25, -0.2) is 4.79 Å². The highest BCUT2D eigenvalue weighted by atomic mass is 79.9. The summed E-state index contributed by atoms with van der Waals surface area (Å²) in [6.07, 6.45) is 0.292. The predicted molar refractivity (Wildman–Crippen MR) is 61.8 cm³/mol. The molecule has 0 radical (unpaired) electrons. The van der Waals surface area contributed by atoms with Gasteiger partial charge >= 0.3 is 6.09 Å². The fraction of sp³-hybridized carbons (Fsp3) is 0.300. The van der Waals surface area contributed by atoms with Gasteiger partial charge in [-0.1, -0.05) is 15.9 Å². The molecule has 15 heavy (non-hydrogen) atoms. The van der Waals surface area contributed by atoms with Crippen LogP contribution in [0.3, 0.4) is 0 Å². The second kappa shape index (κ2) is 6.42. The van der Waals surface area contributed by atoms with E-state index in [-0.39, 0.29) is 0 Å². The van der Waals surface area contributed by atoms with Crippen LogP contribution in [0.15, 0.2) is 28.7 Å². The Morgan fingerprint density at radius 1 is 1.40 bits per heavy atom. The first-order valence-corrected chi connectivity index (χ1v) is 5.43. The lowest BCUT2D eigenvalue weighted by atomic mass is 10.3. The third kappa shape index (κ3) is 4.80. The van der Waals surface area contributed by atoms with E-state index in [4.69, 9.17) is 10.5 Å². The molecular weight excluding hydrogens is 260 g/mol. The third-order valence-corrected chi connectivity index (χ3v) is 2.20. The molecular formula is C10H13BrN2O2. The Kier molecular flexibility index (Phi) is 5.14. The van der Waals surface area contributed by atoms with Crippen molar-refractivity contribution in [2.24, 2.45) is 5.73 Å². The van der Waals surface area contributed by atoms with Crippen LogP contribution < -0.4 is 15.8 Å². The van der Waals surface area contributed by atoms with E-state index in [1.165, 1.54) is 0 Å². The van der Waals surface area contributed by atoms with Crippen LogP contribution in [0.2, 0.25) is 0 Å². The summed E-state index contributed by atoms with van der Waals surface area (Å²) in [5, 5.41) is 2.59. The molecule has 3 N–H and O–H groups in total. The average molecular weight is 273 g/mol. The second-order valence-corrected chi connectivity index (χ2v) is 3.83. The Balaban J connectivity index is 2.34. The number of halogens is 1. The highest BCUT2D eigenvalue weighted by molar-refractivity contribution is 9.10.